The molecule has 0 spiro atoms. The van der Waals surface area contributed by atoms with Crippen molar-refractivity contribution in [3.05, 3.63) is 0 Å². The van der Waals surface area contributed by atoms with E-state index in [-0.39, 0.29) is 38.7 Å². The van der Waals surface area contributed by atoms with Crippen LogP contribution in [0.2, 0.25) is 0 Å². The molecule has 0 saturated heterocycles. The Morgan fingerprint density at radius 3 is 1.25 bits per heavy atom. The molecule has 0 atom stereocenters. The van der Waals surface area contributed by atoms with Crippen LogP contribution < -0.4 is 0 Å². The van der Waals surface area contributed by atoms with Crippen LogP contribution in [-0.4, -0.2) is 38.7 Å². The predicted octanol–water partition coefficient (Wildman–Crippen LogP) is -0.974. The first-order chi connectivity index (χ1) is 1.00. The van der Waals surface area contributed by atoms with E-state index in [1.165, 1.54) is 0 Å². The third-order valence-corrected chi connectivity index (χ3v) is 0. The van der Waals surface area contributed by atoms with E-state index in [1.807, 2.05) is 0 Å². The fraction of sp³-hybridized carbons (Fsp3) is 0. The van der Waals surface area contributed by atoms with Crippen molar-refractivity contribution in [2.45, 2.75) is 0 Å². The molecule has 0 aromatic carbocycles. The van der Waals surface area contributed by atoms with Crippen LogP contribution in [0.15, 0.2) is 0 Å². The maximum atomic E-state index is 3.78. The van der Waals surface area contributed by atoms with Crippen LogP contribution in [0.1, 0.15) is 0 Å². The average molecular weight is 144 g/mol. The van der Waals surface area contributed by atoms with E-state index in [9.17, 15) is 0 Å². The molecule has 0 aliphatic carbocycles. The van der Waals surface area contributed by atoms with Gasteiger partial charge in [0.2, 0.25) is 0 Å². The predicted molar refractivity (Wildman–Crippen MR) is 31.4 cm³/mol. The van der Waals surface area contributed by atoms with Gasteiger partial charge in [0.15, 0.2) is 0 Å². The standard InChI is InChI=1S/Ga.Li.PS.4H/c;;1-2;;;;. The Bertz CT molecular complexity index is 8.00. The maximum Gasteiger partial charge on any atom is 0.0464 e. The van der Waals surface area contributed by atoms with Crippen molar-refractivity contribution >= 4 is 58.5 Å². The molecule has 0 bridgehead atoms. The Labute approximate surface area is 58.2 Å². The minimum absolute atomic E-state index is 0. The summed E-state index contributed by atoms with van der Waals surface area (Å²) in [6.07, 6.45) is 0. The van der Waals surface area contributed by atoms with Gasteiger partial charge in [-0.25, -0.2) is 0 Å². The van der Waals surface area contributed by atoms with Gasteiger partial charge in [-0.3, -0.25) is 0 Å². The Kier molecular flexibility index (Phi) is 93.4. The second kappa shape index (κ2) is 21.8. The summed E-state index contributed by atoms with van der Waals surface area (Å²) in [6, 6.07) is 0. The van der Waals surface area contributed by atoms with Crippen LogP contribution in [0.4, 0.5) is 0 Å². The quantitative estimate of drug-likeness (QED) is 0.311. The Hall–Kier alpha value is 1.75. The van der Waals surface area contributed by atoms with Crippen LogP contribution in [-0.2, 0) is 11.8 Å². The van der Waals surface area contributed by atoms with Crippen LogP contribution in [0.25, 0.3) is 0 Å². The van der Waals surface area contributed by atoms with Gasteiger partial charge in [0.1, 0.15) is 0 Å². The zero-order valence-corrected chi connectivity index (χ0v) is 2.57. The molecular formula is H4GaLiPS. The van der Waals surface area contributed by atoms with Crippen molar-refractivity contribution in [3.8, 4) is 0 Å². The average Bonchev–Trinajstić information content (AvgIpc) is 1.00. The molecule has 0 rings (SSSR count). The zero-order chi connectivity index (χ0) is 2.00. The van der Waals surface area contributed by atoms with Gasteiger partial charge < -0.3 is 0 Å². The molecule has 0 nitrogen and oxygen atoms in total. The van der Waals surface area contributed by atoms with Crippen LogP contribution in [0, 0.1) is 0 Å². The van der Waals surface area contributed by atoms with E-state index < -0.39 is 0 Å². The minimum atomic E-state index is 0. The summed E-state index contributed by atoms with van der Waals surface area (Å²) in [4.78, 5) is 0. The molecule has 0 aliphatic heterocycles. The van der Waals surface area contributed by atoms with E-state index >= 15 is 0 Å². The molecule has 0 unspecified atom stereocenters. The van der Waals surface area contributed by atoms with Gasteiger partial charge in [0.05, 0.1) is 0 Å². The largest absolute Gasteiger partial charge is 0.0464 e. The van der Waals surface area contributed by atoms with E-state index in [1.54, 1.807) is 0 Å². The summed E-state index contributed by atoms with van der Waals surface area (Å²) < 4.78 is 0. The minimum Gasteiger partial charge on any atom is -0.0464 e. The molecule has 0 aromatic heterocycles. The van der Waals surface area contributed by atoms with Crippen molar-refractivity contribution in [3.63, 3.8) is 0 Å². The van der Waals surface area contributed by atoms with Crippen molar-refractivity contribution in [1.29, 1.82) is 0 Å². The second-order valence-electron chi connectivity index (χ2n) is 0. The summed E-state index contributed by atoms with van der Waals surface area (Å²) in [5.41, 5.74) is 0. The Morgan fingerprint density at radius 2 is 1.25 bits per heavy atom. The monoisotopic (exact) mass is 143 g/mol. The Balaban J connectivity index is -0.00000000500. The fourth-order valence-corrected chi connectivity index (χ4v) is 0. The molecule has 4 heteroatoms. The van der Waals surface area contributed by atoms with Crippen molar-refractivity contribution in [1.82, 2.24) is 0 Å². The smallest absolute Gasteiger partial charge is 0.0464 e. The van der Waals surface area contributed by atoms with Crippen LogP contribution >= 0.6 is 8.02 Å². The van der Waals surface area contributed by atoms with E-state index in [0.29, 0.717) is 0 Å². The normalized spacial score (nSPS) is 1.00. The van der Waals surface area contributed by atoms with Crippen LogP contribution in [0.3, 0.4) is 0 Å². The van der Waals surface area contributed by atoms with E-state index in [0.717, 1.165) is 0 Å². The maximum absolute atomic E-state index is 3.78. The molecule has 0 N–H and O–H groups in total. The molecular weight excluding hydrogens is 140 g/mol. The fourth-order valence-electron chi connectivity index (χ4n) is 0. The third-order valence-electron chi connectivity index (χ3n) is 0. The summed E-state index contributed by atoms with van der Waals surface area (Å²) >= 11 is 3.78. The van der Waals surface area contributed by atoms with Gasteiger partial charge in [-0.2, -0.15) is 0 Å². The number of rotatable bonds is 0. The molecule has 19 valence electrons. The van der Waals surface area contributed by atoms with Gasteiger partial charge >= 0.3 is 38.7 Å². The van der Waals surface area contributed by atoms with Gasteiger partial charge in [-0.05, 0) is 11.8 Å². The molecule has 0 amide bonds. The first-order valence-corrected chi connectivity index (χ1v) is 1.64. The summed E-state index contributed by atoms with van der Waals surface area (Å²) in [5.74, 6) is 0. The second-order valence-corrected chi connectivity index (χ2v) is 0. The zero-order valence-electron chi connectivity index (χ0n) is 0.855. The van der Waals surface area contributed by atoms with E-state index in [2.05, 4.69) is 19.8 Å². The van der Waals surface area contributed by atoms with Gasteiger partial charge in [-0.1, -0.05) is 0 Å². The molecule has 0 heterocycles. The van der Waals surface area contributed by atoms with E-state index in [4.69, 9.17) is 0 Å². The SMILES string of the molecule is [GaH3].[LiH].[P]=S. The third kappa shape index (κ3) is 9.26. The molecule has 4 heavy (non-hydrogen) atoms. The van der Waals surface area contributed by atoms with Gasteiger partial charge in [0, 0.05) is 8.02 Å². The number of hydrogen-bond donors (Lipinski definition) is 0. The molecule has 0 fully saturated rings. The summed E-state index contributed by atoms with van der Waals surface area (Å²) in [5, 5.41) is 0. The van der Waals surface area contributed by atoms with Gasteiger partial charge in [0.25, 0.3) is 0 Å². The summed E-state index contributed by atoms with van der Waals surface area (Å²) in [6.45, 7) is 0. The Morgan fingerprint density at radius 1 is 1.25 bits per heavy atom. The topological polar surface area (TPSA) is 0 Å². The van der Waals surface area contributed by atoms with Gasteiger partial charge in [-0.15, -0.1) is 0 Å². The first-order valence-electron chi connectivity index (χ1n) is 0.183. The first kappa shape index (κ1) is 17.1. The van der Waals surface area contributed by atoms with Crippen LogP contribution in [0.5, 0.6) is 0 Å². The number of hydrogen-bond acceptors (Lipinski definition) is 1. The molecule has 1 radical (unpaired) electrons. The van der Waals surface area contributed by atoms with Crippen molar-refractivity contribution in [2.75, 3.05) is 0 Å². The molecule has 0 saturated carbocycles. The molecule has 0 aliphatic rings. The van der Waals surface area contributed by atoms with Crippen molar-refractivity contribution in [2.24, 2.45) is 0 Å². The molecule has 0 aromatic rings. The summed E-state index contributed by atoms with van der Waals surface area (Å²) in [7, 11) is 3.11. The van der Waals surface area contributed by atoms with Crippen molar-refractivity contribution < 1.29 is 0 Å².